The van der Waals surface area contributed by atoms with Gasteiger partial charge in [0.05, 0.1) is 7.85 Å². The molecular formula is C4H10BN. The van der Waals surface area contributed by atoms with Crippen LogP contribution in [0.2, 0.25) is 5.82 Å². The molecule has 34 valence electrons. The molecule has 0 aliphatic heterocycles. The average Bonchev–Trinajstić information content (AvgIpc) is 1.35. The lowest BCUT2D eigenvalue weighted by molar-refractivity contribution is 0.804. The van der Waals surface area contributed by atoms with E-state index < -0.39 is 0 Å². The van der Waals surface area contributed by atoms with Crippen molar-refractivity contribution >= 4 is 7.85 Å². The summed E-state index contributed by atoms with van der Waals surface area (Å²) < 4.78 is 0. The molecule has 2 N–H and O–H groups in total. The van der Waals surface area contributed by atoms with E-state index in [0.717, 1.165) is 6.42 Å². The number of nitrogens with two attached hydrogens (primary N) is 1. The minimum absolute atomic E-state index is 0.273. The molecule has 0 aliphatic carbocycles. The standard InChI is InChI=1S/C4H10BN/c1-4(5)2-3-6/h4H,2-3,6H2,1H3. The molecule has 0 aromatic carbocycles. The van der Waals surface area contributed by atoms with Crippen LogP contribution in [0.1, 0.15) is 13.3 Å². The second-order valence-corrected chi connectivity index (χ2v) is 1.55. The Bertz CT molecular complexity index is 28.7. The molecule has 0 aromatic heterocycles. The van der Waals surface area contributed by atoms with Crippen molar-refractivity contribution in [1.29, 1.82) is 0 Å². The van der Waals surface area contributed by atoms with E-state index in [0.29, 0.717) is 6.54 Å². The molecule has 0 saturated heterocycles. The zero-order valence-corrected chi connectivity index (χ0v) is 4.15. The van der Waals surface area contributed by atoms with Crippen LogP contribution in [-0.2, 0) is 0 Å². The summed E-state index contributed by atoms with van der Waals surface area (Å²) >= 11 is 0. The fraction of sp³-hybridized carbons (Fsp3) is 1.00. The van der Waals surface area contributed by atoms with Crippen LogP contribution < -0.4 is 5.73 Å². The predicted octanol–water partition coefficient (Wildman–Crippen LogP) is 0.312. The van der Waals surface area contributed by atoms with Crippen LogP contribution in [0.5, 0.6) is 0 Å². The predicted molar refractivity (Wildman–Crippen MR) is 28.8 cm³/mol. The van der Waals surface area contributed by atoms with Crippen molar-refractivity contribution in [2.75, 3.05) is 6.54 Å². The molecule has 0 heterocycles. The van der Waals surface area contributed by atoms with E-state index in [2.05, 4.69) is 0 Å². The van der Waals surface area contributed by atoms with E-state index in [1.165, 1.54) is 0 Å². The summed E-state index contributed by atoms with van der Waals surface area (Å²) in [6.45, 7) is 2.66. The van der Waals surface area contributed by atoms with Gasteiger partial charge in [0.25, 0.3) is 0 Å². The summed E-state index contributed by atoms with van der Waals surface area (Å²) in [5, 5.41) is 0. The monoisotopic (exact) mass is 83.1 g/mol. The van der Waals surface area contributed by atoms with E-state index in [1.54, 1.807) is 0 Å². The quantitative estimate of drug-likeness (QED) is 0.477. The van der Waals surface area contributed by atoms with Crippen molar-refractivity contribution in [2.24, 2.45) is 5.73 Å². The smallest absolute Gasteiger partial charge is 0.0696 e. The average molecular weight is 82.9 g/mol. The second-order valence-electron chi connectivity index (χ2n) is 1.55. The SMILES string of the molecule is [B]C(C)CCN. The molecule has 0 rings (SSSR count). The van der Waals surface area contributed by atoms with Gasteiger partial charge in [-0.3, -0.25) is 0 Å². The van der Waals surface area contributed by atoms with Gasteiger partial charge in [0.15, 0.2) is 0 Å². The summed E-state index contributed by atoms with van der Waals surface area (Å²) in [6.07, 6.45) is 0.931. The summed E-state index contributed by atoms with van der Waals surface area (Å²) in [5.41, 5.74) is 5.15. The molecule has 2 heteroatoms. The fourth-order valence-electron chi connectivity index (χ4n) is 0.263. The van der Waals surface area contributed by atoms with E-state index in [9.17, 15) is 0 Å². The molecule has 0 saturated carbocycles. The molecule has 0 spiro atoms. The Hall–Kier alpha value is 0.0249. The van der Waals surface area contributed by atoms with Crippen LogP contribution in [0.25, 0.3) is 0 Å². The highest BCUT2D eigenvalue weighted by Crippen LogP contribution is 1.97. The first-order valence-corrected chi connectivity index (χ1v) is 2.23. The third-order valence-electron chi connectivity index (χ3n) is 0.622. The minimum atomic E-state index is 0.273. The maximum atomic E-state index is 5.32. The summed E-state index contributed by atoms with van der Waals surface area (Å²) in [4.78, 5) is 0. The van der Waals surface area contributed by atoms with Crippen LogP contribution in [0, 0.1) is 0 Å². The number of hydrogen-bond acceptors (Lipinski definition) is 1. The van der Waals surface area contributed by atoms with Crippen molar-refractivity contribution in [3.05, 3.63) is 0 Å². The first-order valence-electron chi connectivity index (χ1n) is 2.23. The minimum Gasteiger partial charge on any atom is -0.330 e. The first-order chi connectivity index (χ1) is 2.77. The van der Waals surface area contributed by atoms with Crippen molar-refractivity contribution in [1.82, 2.24) is 0 Å². The Morgan fingerprint density at radius 1 is 1.83 bits per heavy atom. The van der Waals surface area contributed by atoms with Gasteiger partial charge < -0.3 is 5.73 Å². The molecule has 0 amide bonds. The third kappa shape index (κ3) is 4.02. The Kier molecular flexibility index (Phi) is 3.24. The Morgan fingerprint density at radius 2 is 2.33 bits per heavy atom. The molecule has 2 radical (unpaired) electrons. The summed E-state index contributed by atoms with van der Waals surface area (Å²) in [6, 6.07) is 0. The lowest BCUT2D eigenvalue weighted by atomic mass is 9.87. The zero-order chi connectivity index (χ0) is 4.99. The highest BCUT2D eigenvalue weighted by atomic mass is 14.5. The topological polar surface area (TPSA) is 26.0 Å². The maximum Gasteiger partial charge on any atom is 0.0696 e. The molecule has 0 aliphatic rings. The highest BCUT2D eigenvalue weighted by molar-refractivity contribution is 6.11. The molecule has 1 unspecified atom stereocenters. The zero-order valence-electron chi connectivity index (χ0n) is 4.15. The van der Waals surface area contributed by atoms with Crippen molar-refractivity contribution in [3.63, 3.8) is 0 Å². The van der Waals surface area contributed by atoms with Crippen molar-refractivity contribution < 1.29 is 0 Å². The molecule has 1 atom stereocenters. The summed E-state index contributed by atoms with van der Waals surface area (Å²) in [7, 11) is 5.32. The number of rotatable bonds is 2. The van der Waals surface area contributed by atoms with Crippen LogP contribution >= 0.6 is 0 Å². The largest absolute Gasteiger partial charge is 0.330 e. The van der Waals surface area contributed by atoms with E-state index in [1.807, 2.05) is 6.92 Å². The van der Waals surface area contributed by atoms with E-state index in [4.69, 9.17) is 13.6 Å². The molecule has 1 nitrogen and oxygen atoms in total. The van der Waals surface area contributed by atoms with E-state index in [-0.39, 0.29) is 5.82 Å². The van der Waals surface area contributed by atoms with Gasteiger partial charge in [-0.25, -0.2) is 0 Å². The van der Waals surface area contributed by atoms with Crippen LogP contribution in [-0.4, -0.2) is 14.4 Å². The van der Waals surface area contributed by atoms with Gasteiger partial charge in [0.2, 0.25) is 0 Å². The lowest BCUT2D eigenvalue weighted by Gasteiger charge is -1.96. The van der Waals surface area contributed by atoms with Gasteiger partial charge in [-0.2, -0.15) is 0 Å². The Morgan fingerprint density at radius 3 is 2.33 bits per heavy atom. The van der Waals surface area contributed by atoms with Crippen LogP contribution in [0.15, 0.2) is 0 Å². The Balaban J connectivity index is 2.63. The Labute approximate surface area is 40.3 Å². The van der Waals surface area contributed by atoms with Crippen molar-refractivity contribution in [2.45, 2.75) is 19.2 Å². The van der Waals surface area contributed by atoms with Crippen molar-refractivity contribution in [3.8, 4) is 0 Å². The van der Waals surface area contributed by atoms with Gasteiger partial charge in [0.1, 0.15) is 0 Å². The number of hydrogen-bond donors (Lipinski definition) is 1. The maximum absolute atomic E-state index is 5.32. The molecule has 0 bridgehead atoms. The van der Waals surface area contributed by atoms with Gasteiger partial charge >= 0.3 is 0 Å². The van der Waals surface area contributed by atoms with Gasteiger partial charge in [-0.05, 0) is 13.0 Å². The molecule has 0 fully saturated rings. The van der Waals surface area contributed by atoms with E-state index >= 15 is 0 Å². The summed E-state index contributed by atoms with van der Waals surface area (Å²) in [5.74, 6) is 0.273. The van der Waals surface area contributed by atoms with Crippen LogP contribution in [0.3, 0.4) is 0 Å². The van der Waals surface area contributed by atoms with Gasteiger partial charge in [-0.1, -0.05) is 12.7 Å². The molecular weight excluding hydrogens is 72.9 g/mol. The fourth-order valence-corrected chi connectivity index (χ4v) is 0.263. The van der Waals surface area contributed by atoms with Gasteiger partial charge in [0, 0.05) is 0 Å². The van der Waals surface area contributed by atoms with Gasteiger partial charge in [-0.15, -0.1) is 0 Å². The lowest BCUT2D eigenvalue weighted by Crippen LogP contribution is -2.00. The molecule has 6 heavy (non-hydrogen) atoms. The van der Waals surface area contributed by atoms with Crippen LogP contribution in [0.4, 0.5) is 0 Å². The second kappa shape index (κ2) is 3.22. The third-order valence-corrected chi connectivity index (χ3v) is 0.622. The normalized spacial score (nSPS) is 14.3. The highest BCUT2D eigenvalue weighted by Gasteiger charge is 1.85. The molecule has 0 aromatic rings. The first kappa shape index (κ1) is 6.02.